The summed E-state index contributed by atoms with van der Waals surface area (Å²) in [5, 5.41) is 15.1. The van der Waals surface area contributed by atoms with Gasteiger partial charge in [-0.2, -0.15) is 0 Å². The van der Waals surface area contributed by atoms with E-state index < -0.39 is 18.0 Å². The highest BCUT2D eigenvalue weighted by Gasteiger charge is 2.30. The summed E-state index contributed by atoms with van der Waals surface area (Å²) in [6.07, 6.45) is 3.77. The Labute approximate surface area is 206 Å². The van der Waals surface area contributed by atoms with Crippen LogP contribution in [0.5, 0.6) is 0 Å². The van der Waals surface area contributed by atoms with Crippen LogP contribution in [0, 0.1) is 5.92 Å². The Hall–Kier alpha value is -3.35. The number of amides is 2. The van der Waals surface area contributed by atoms with E-state index >= 15 is 0 Å². The number of rotatable bonds is 9. The molecule has 0 unspecified atom stereocenters. The third-order valence-corrected chi connectivity index (χ3v) is 7.12. The molecule has 2 aliphatic rings. The van der Waals surface area contributed by atoms with Gasteiger partial charge in [0.05, 0.1) is 5.92 Å². The van der Waals surface area contributed by atoms with Crippen molar-refractivity contribution in [3.8, 4) is 11.1 Å². The molecule has 35 heavy (non-hydrogen) atoms. The van der Waals surface area contributed by atoms with Gasteiger partial charge in [-0.3, -0.25) is 9.59 Å². The van der Waals surface area contributed by atoms with Gasteiger partial charge in [0.2, 0.25) is 5.91 Å². The van der Waals surface area contributed by atoms with Crippen molar-refractivity contribution in [2.75, 3.05) is 6.61 Å². The van der Waals surface area contributed by atoms with Crippen molar-refractivity contribution in [1.29, 1.82) is 0 Å². The Bertz CT molecular complexity index is 1020. The first-order valence-corrected chi connectivity index (χ1v) is 12.6. The highest BCUT2D eigenvalue weighted by Crippen LogP contribution is 2.44. The number of fused-ring (bicyclic) bond motifs is 3. The van der Waals surface area contributed by atoms with Crippen LogP contribution < -0.4 is 10.6 Å². The molecule has 7 heteroatoms. The molecular weight excluding hydrogens is 444 g/mol. The second kappa shape index (κ2) is 11.4. The summed E-state index contributed by atoms with van der Waals surface area (Å²) in [6, 6.07) is 15.9. The highest BCUT2D eigenvalue weighted by molar-refractivity contribution is 5.80. The SMILES string of the molecule is CCC[C@@H](CC(=O)N[C@@H]1CCC[C@@H](C(=O)O)C1)NC(=O)OCC1c2ccccc2-c2ccccc21. The van der Waals surface area contributed by atoms with Gasteiger partial charge in [0.15, 0.2) is 0 Å². The fourth-order valence-corrected chi connectivity index (χ4v) is 5.44. The van der Waals surface area contributed by atoms with Gasteiger partial charge in [0.1, 0.15) is 6.61 Å². The molecule has 2 aliphatic carbocycles. The van der Waals surface area contributed by atoms with E-state index in [-0.39, 0.29) is 36.9 Å². The van der Waals surface area contributed by atoms with Crippen molar-refractivity contribution in [2.45, 2.75) is 69.9 Å². The maximum atomic E-state index is 12.7. The predicted octanol–water partition coefficient (Wildman–Crippen LogP) is 4.84. The van der Waals surface area contributed by atoms with Crippen LogP contribution in [-0.2, 0) is 14.3 Å². The zero-order chi connectivity index (χ0) is 24.8. The number of carbonyl (C=O) groups is 3. The quantitative estimate of drug-likeness (QED) is 0.478. The molecule has 3 N–H and O–H groups in total. The van der Waals surface area contributed by atoms with Crippen molar-refractivity contribution in [3.05, 3.63) is 59.7 Å². The number of hydrogen-bond acceptors (Lipinski definition) is 4. The molecule has 2 amide bonds. The van der Waals surface area contributed by atoms with Crippen molar-refractivity contribution in [1.82, 2.24) is 10.6 Å². The van der Waals surface area contributed by atoms with E-state index in [1.165, 1.54) is 11.1 Å². The van der Waals surface area contributed by atoms with Gasteiger partial charge in [-0.25, -0.2) is 4.79 Å². The Balaban J connectivity index is 1.31. The number of nitrogens with one attached hydrogen (secondary N) is 2. The smallest absolute Gasteiger partial charge is 0.407 e. The van der Waals surface area contributed by atoms with Gasteiger partial charge in [0.25, 0.3) is 0 Å². The molecule has 1 fully saturated rings. The largest absolute Gasteiger partial charge is 0.481 e. The molecule has 3 atom stereocenters. The normalized spacial score (nSPS) is 19.8. The van der Waals surface area contributed by atoms with E-state index in [0.29, 0.717) is 19.3 Å². The second-order valence-corrected chi connectivity index (χ2v) is 9.63. The van der Waals surface area contributed by atoms with E-state index in [4.69, 9.17) is 4.74 Å². The van der Waals surface area contributed by atoms with Crippen LogP contribution >= 0.6 is 0 Å². The van der Waals surface area contributed by atoms with Gasteiger partial charge in [0, 0.05) is 24.4 Å². The highest BCUT2D eigenvalue weighted by atomic mass is 16.5. The van der Waals surface area contributed by atoms with Gasteiger partial charge in [-0.15, -0.1) is 0 Å². The minimum Gasteiger partial charge on any atom is -0.481 e. The lowest BCUT2D eigenvalue weighted by Crippen LogP contribution is -2.44. The van der Waals surface area contributed by atoms with E-state index in [2.05, 4.69) is 34.9 Å². The summed E-state index contributed by atoms with van der Waals surface area (Å²) in [7, 11) is 0. The van der Waals surface area contributed by atoms with Crippen LogP contribution in [0.3, 0.4) is 0 Å². The molecule has 0 bridgehead atoms. The van der Waals surface area contributed by atoms with Crippen LogP contribution in [-0.4, -0.2) is 41.8 Å². The summed E-state index contributed by atoms with van der Waals surface area (Å²) in [6.45, 7) is 2.23. The summed E-state index contributed by atoms with van der Waals surface area (Å²) in [4.78, 5) is 36.6. The summed E-state index contributed by atoms with van der Waals surface area (Å²) >= 11 is 0. The van der Waals surface area contributed by atoms with E-state index in [9.17, 15) is 19.5 Å². The Kier molecular flexibility index (Phi) is 8.06. The second-order valence-electron chi connectivity index (χ2n) is 9.63. The fourth-order valence-electron chi connectivity index (χ4n) is 5.44. The Morgan fingerprint density at radius 1 is 1.03 bits per heavy atom. The third kappa shape index (κ3) is 6.02. The molecule has 2 aromatic carbocycles. The molecule has 4 rings (SSSR count). The third-order valence-electron chi connectivity index (χ3n) is 7.12. The van der Waals surface area contributed by atoms with Gasteiger partial charge >= 0.3 is 12.1 Å². The summed E-state index contributed by atoms with van der Waals surface area (Å²) < 4.78 is 5.64. The molecule has 0 aromatic heterocycles. The number of ether oxygens (including phenoxy) is 1. The Morgan fingerprint density at radius 2 is 1.69 bits per heavy atom. The number of carboxylic acids is 1. The lowest BCUT2D eigenvalue weighted by molar-refractivity contribution is -0.143. The average molecular weight is 479 g/mol. The number of aliphatic carboxylic acids is 1. The molecule has 0 spiro atoms. The first-order chi connectivity index (χ1) is 17.0. The molecule has 0 saturated heterocycles. The van der Waals surface area contributed by atoms with E-state index in [0.717, 1.165) is 30.4 Å². The van der Waals surface area contributed by atoms with E-state index in [1.54, 1.807) is 0 Å². The molecule has 2 aromatic rings. The van der Waals surface area contributed by atoms with E-state index in [1.807, 2.05) is 31.2 Å². The van der Waals surface area contributed by atoms with Gasteiger partial charge in [-0.1, -0.05) is 68.3 Å². The monoisotopic (exact) mass is 478 g/mol. The fraction of sp³-hybridized carbons (Fsp3) is 0.464. The van der Waals surface area contributed by atoms with Crippen LogP contribution in [0.4, 0.5) is 4.79 Å². The van der Waals surface area contributed by atoms with Crippen LogP contribution in [0.25, 0.3) is 11.1 Å². The Morgan fingerprint density at radius 3 is 2.31 bits per heavy atom. The van der Waals surface area contributed by atoms with Crippen LogP contribution in [0.15, 0.2) is 48.5 Å². The van der Waals surface area contributed by atoms with Crippen molar-refractivity contribution in [2.24, 2.45) is 5.92 Å². The molecule has 186 valence electrons. The summed E-state index contributed by atoms with van der Waals surface area (Å²) in [5.41, 5.74) is 4.65. The lowest BCUT2D eigenvalue weighted by Gasteiger charge is -2.28. The number of benzene rings is 2. The van der Waals surface area contributed by atoms with Gasteiger partial charge in [-0.05, 0) is 47.9 Å². The zero-order valence-electron chi connectivity index (χ0n) is 20.2. The number of carboxylic acid groups (broad SMARTS) is 1. The maximum absolute atomic E-state index is 12.7. The first-order valence-electron chi connectivity index (χ1n) is 12.6. The van der Waals surface area contributed by atoms with Crippen LogP contribution in [0.2, 0.25) is 0 Å². The zero-order valence-corrected chi connectivity index (χ0v) is 20.2. The van der Waals surface area contributed by atoms with Crippen molar-refractivity contribution >= 4 is 18.0 Å². The minimum atomic E-state index is -0.801. The first kappa shape index (κ1) is 24.8. The number of hydrogen-bond donors (Lipinski definition) is 3. The number of alkyl carbamates (subject to hydrolysis) is 1. The van der Waals surface area contributed by atoms with Crippen molar-refractivity contribution < 1.29 is 24.2 Å². The average Bonchev–Trinajstić information content (AvgIpc) is 3.16. The summed E-state index contributed by atoms with van der Waals surface area (Å²) in [5.74, 6) is -1.39. The maximum Gasteiger partial charge on any atom is 0.407 e. The van der Waals surface area contributed by atoms with Crippen LogP contribution in [0.1, 0.15) is 68.9 Å². The molecule has 0 heterocycles. The lowest BCUT2D eigenvalue weighted by atomic mass is 9.85. The predicted molar refractivity (Wildman–Crippen MR) is 133 cm³/mol. The van der Waals surface area contributed by atoms with Gasteiger partial charge < -0.3 is 20.5 Å². The number of carbonyl (C=O) groups excluding carboxylic acids is 2. The minimum absolute atomic E-state index is 0.0189. The molecule has 1 saturated carbocycles. The molecule has 7 nitrogen and oxygen atoms in total. The van der Waals surface area contributed by atoms with Crippen molar-refractivity contribution in [3.63, 3.8) is 0 Å². The topological polar surface area (TPSA) is 105 Å². The standard InChI is InChI=1S/C28H34N2O5/c1-2-8-19(16-26(31)29-20-10-7-9-18(15-20)27(32)33)30-28(34)35-17-25-23-13-5-3-11-21(23)22-12-4-6-14-24(22)25/h3-6,11-14,18-20,25H,2,7-10,15-17H2,1H3,(H,29,31)(H,30,34)(H,32,33)/t18-,19+,20-/m1/s1. The molecule has 0 aliphatic heterocycles. The molecular formula is C28H34N2O5. The molecule has 0 radical (unpaired) electrons.